The Morgan fingerprint density at radius 3 is 3.06 bits per heavy atom. The van der Waals surface area contributed by atoms with Gasteiger partial charge in [-0.15, -0.1) is 0 Å². The number of imidazole rings is 1. The highest BCUT2D eigenvalue weighted by Crippen LogP contribution is 2.49. The molecular formula is C27H39N5. The maximum Gasteiger partial charge on any atom is 0.103 e. The molecule has 0 amide bonds. The molecule has 5 rings (SSSR count). The molecule has 3 aliphatic rings. The van der Waals surface area contributed by atoms with E-state index in [1.807, 2.05) is 6.20 Å². The Labute approximate surface area is 193 Å². The lowest BCUT2D eigenvalue weighted by Gasteiger charge is -2.44. The average molecular weight is 434 g/mol. The van der Waals surface area contributed by atoms with E-state index < -0.39 is 0 Å². The number of fused-ring (bicyclic) bond motifs is 3. The van der Waals surface area contributed by atoms with Crippen LogP contribution in [0.1, 0.15) is 81.8 Å². The van der Waals surface area contributed by atoms with Gasteiger partial charge in [-0.05, 0) is 76.1 Å². The fourth-order valence-corrected chi connectivity index (χ4v) is 6.18. The van der Waals surface area contributed by atoms with E-state index in [9.17, 15) is 0 Å². The van der Waals surface area contributed by atoms with Crippen molar-refractivity contribution in [2.45, 2.75) is 83.5 Å². The van der Waals surface area contributed by atoms with Crippen LogP contribution in [0.4, 0.5) is 0 Å². The van der Waals surface area contributed by atoms with Crippen molar-refractivity contribution in [1.29, 1.82) is 0 Å². The van der Waals surface area contributed by atoms with Crippen LogP contribution < -0.4 is 5.32 Å². The van der Waals surface area contributed by atoms with E-state index in [1.54, 1.807) is 0 Å². The monoisotopic (exact) mass is 433 g/mol. The van der Waals surface area contributed by atoms with E-state index in [-0.39, 0.29) is 5.66 Å². The third-order valence-electron chi connectivity index (χ3n) is 7.93. The Kier molecular flexibility index (Phi) is 6.47. The number of hydrogen-bond donors (Lipinski definition) is 1. The van der Waals surface area contributed by atoms with Crippen LogP contribution in [0.15, 0.2) is 43.0 Å². The van der Waals surface area contributed by atoms with Gasteiger partial charge in [0.2, 0.25) is 0 Å². The molecule has 0 spiro atoms. The fraction of sp³-hybridized carbons (Fsp3) is 0.630. The first-order valence-electron chi connectivity index (χ1n) is 12.8. The number of allylic oxidation sites excluding steroid dienone is 1. The summed E-state index contributed by atoms with van der Waals surface area (Å²) < 4.78 is 2.37. The van der Waals surface area contributed by atoms with E-state index in [4.69, 9.17) is 9.97 Å². The quantitative estimate of drug-likeness (QED) is 0.436. The summed E-state index contributed by atoms with van der Waals surface area (Å²) in [6, 6.07) is 4.83. The van der Waals surface area contributed by atoms with Gasteiger partial charge in [0.15, 0.2) is 0 Å². The van der Waals surface area contributed by atoms with Gasteiger partial charge in [0.1, 0.15) is 5.66 Å². The molecule has 1 saturated heterocycles. The van der Waals surface area contributed by atoms with Crippen LogP contribution in [0.5, 0.6) is 0 Å². The van der Waals surface area contributed by atoms with Crippen molar-refractivity contribution in [2.24, 2.45) is 11.8 Å². The zero-order valence-corrected chi connectivity index (χ0v) is 19.8. The van der Waals surface area contributed by atoms with E-state index in [2.05, 4.69) is 65.4 Å². The molecule has 4 atom stereocenters. The van der Waals surface area contributed by atoms with Gasteiger partial charge >= 0.3 is 0 Å². The number of aryl methyl sites for hydroxylation is 1. The zero-order chi connectivity index (χ0) is 22.0. The number of nitrogens with zero attached hydrogens (tertiary/aromatic N) is 4. The first-order chi connectivity index (χ1) is 15.7. The predicted octanol–water partition coefficient (Wildman–Crippen LogP) is 5.21. The molecule has 2 aromatic heterocycles. The van der Waals surface area contributed by atoms with Crippen molar-refractivity contribution >= 4 is 0 Å². The highest BCUT2D eigenvalue weighted by molar-refractivity contribution is 5.27. The Bertz CT molecular complexity index is 934. The van der Waals surface area contributed by atoms with Gasteiger partial charge in [-0.3, -0.25) is 15.2 Å². The topological polar surface area (TPSA) is 46.0 Å². The molecular weight excluding hydrogens is 394 g/mol. The second-order valence-electron chi connectivity index (χ2n) is 10.1. The molecule has 2 fully saturated rings. The van der Waals surface area contributed by atoms with Crippen LogP contribution >= 0.6 is 0 Å². The SMILES string of the molecule is C/C=C\C1CC1(NCCCCC)n1cnc(CN2CCC[C@H]3CCc4cccnc4[C@H]32)c1. The smallest absolute Gasteiger partial charge is 0.103 e. The summed E-state index contributed by atoms with van der Waals surface area (Å²) in [6.07, 6.45) is 21.0. The third-order valence-corrected chi connectivity index (χ3v) is 7.93. The number of nitrogens with one attached hydrogen (secondary N) is 1. The number of unbranched alkanes of at least 4 members (excludes halogenated alkanes) is 2. The van der Waals surface area contributed by atoms with Crippen molar-refractivity contribution in [3.63, 3.8) is 0 Å². The van der Waals surface area contributed by atoms with Crippen molar-refractivity contribution in [1.82, 2.24) is 24.8 Å². The summed E-state index contributed by atoms with van der Waals surface area (Å²) >= 11 is 0. The van der Waals surface area contributed by atoms with Crippen LogP contribution in [0.2, 0.25) is 0 Å². The number of rotatable bonds is 9. The Morgan fingerprint density at radius 1 is 1.25 bits per heavy atom. The molecule has 0 bridgehead atoms. The van der Waals surface area contributed by atoms with Crippen molar-refractivity contribution in [2.75, 3.05) is 13.1 Å². The summed E-state index contributed by atoms with van der Waals surface area (Å²) in [5, 5.41) is 3.88. The Morgan fingerprint density at radius 2 is 2.19 bits per heavy atom. The van der Waals surface area contributed by atoms with E-state index in [0.29, 0.717) is 12.0 Å². The summed E-state index contributed by atoms with van der Waals surface area (Å²) in [5.74, 6) is 1.30. The van der Waals surface area contributed by atoms with Crippen molar-refractivity contribution < 1.29 is 0 Å². The summed E-state index contributed by atoms with van der Waals surface area (Å²) in [7, 11) is 0. The molecule has 32 heavy (non-hydrogen) atoms. The van der Waals surface area contributed by atoms with Gasteiger partial charge in [0, 0.05) is 24.9 Å². The van der Waals surface area contributed by atoms with Gasteiger partial charge in [-0.1, -0.05) is 38.0 Å². The number of hydrogen-bond acceptors (Lipinski definition) is 4. The van der Waals surface area contributed by atoms with Crippen molar-refractivity contribution in [3.05, 3.63) is 60.0 Å². The Hall–Kier alpha value is -1.98. The van der Waals surface area contributed by atoms with Crippen LogP contribution in [0, 0.1) is 11.8 Å². The average Bonchev–Trinajstić information content (AvgIpc) is 3.30. The minimum Gasteiger partial charge on any atom is -0.318 e. The van der Waals surface area contributed by atoms with E-state index in [0.717, 1.165) is 32.0 Å². The molecule has 1 saturated carbocycles. The maximum absolute atomic E-state index is 4.89. The van der Waals surface area contributed by atoms with Gasteiger partial charge in [-0.25, -0.2) is 4.98 Å². The molecule has 1 N–H and O–H groups in total. The minimum absolute atomic E-state index is 0.0227. The molecule has 2 aliphatic carbocycles. The van der Waals surface area contributed by atoms with E-state index in [1.165, 1.54) is 61.9 Å². The third kappa shape index (κ3) is 4.17. The number of piperidine rings is 1. The lowest BCUT2D eigenvalue weighted by atomic mass is 9.77. The van der Waals surface area contributed by atoms with Gasteiger partial charge in [-0.2, -0.15) is 0 Å². The molecule has 1 aliphatic heterocycles. The van der Waals surface area contributed by atoms with Gasteiger partial charge in [0.05, 0.1) is 23.8 Å². The molecule has 172 valence electrons. The number of pyridine rings is 1. The standard InChI is InChI=1S/C27H39N5/c1-3-5-6-15-30-27(17-23(27)9-4-2)32-19-24(29-20-32)18-31-16-8-11-22-13-12-21-10-7-14-28-25(21)26(22)31/h4,7,9-10,14,19-20,22-23,26,30H,3,5-6,8,11-13,15-18H2,1-2H3/b9-4-/t22-,23?,26-,27?/m0/s1. The highest BCUT2D eigenvalue weighted by Gasteiger charge is 2.54. The van der Waals surface area contributed by atoms with Crippen LogP contribution in [0.3, 0.4) is 0 Å². The molecule has 0 radical (unpaired) electrons. The maximum atomic E-state index is 4.89. The highest BCUT2D eigenvalue weighted by atomic mass is 15.3. The Balaban J connectivity index is 1.32. The first kappa shape index (κ1) is 21.8. The van der Waals surface area contributed by atoms with Crippen LogP contribution in [-0.2, 0) is 18.6 Å². The molecule has 5 nitrogen and oxygen atoms in total. The zero-order valence-electron chi connectivity index (χ0n) is 19.8. The minimum atomic E-state index is 0.0227. The van der Waals surface area contributed by atoms with Gasteiger partial charge < -0.3 is 4.57 Å². The number of likely N-dealkylation sites (tertiary alicyclic amines) is 1. The van der Waals surface area contributed by atoms with Crippen molar-refractivity contribution in [3.8, 4) is 0 Å². The second-order valence-corrected chi connectivity index (χ2v) is 10.1. The largest absolute Gasteiger partial charge is 0.318 e. The number of aromatic nitrogens is 3. The fourth-order valence-electron chi connectivity index (χ4n) is 6.18. The normalized spacial score (nSPS) is 29.8. The summed E-state index contributed by atoms with van der Waals surface area (Å²) in [4.78, 5) is 12.4. The lowest BCUT2D eigenvalue weighted by molar-refractivity contribution is 0.0686. The molecule has 2 unspecified atom stereocenters. The molecule has 0 aromatic carbocycles. The second kappa shape index (κ2) is 9.48. The van der Waals surface area contributed by atoms with E-state index >= 15 is 0 Å². The van der Waals surface area contributed by atoms with Gasteiger partial charge in [0.25, 0.3) is 0 Å². The predicted molar refractivity (Wildman–Crippen MR) is 129 cm³/mol. The molecule has 2 aromatic rings. The summed E-state index contributed by atoms with van der Waals surface area (Å²) in [5.41, 5.74) is 3.99. The lowest BCUT2D eigenvalue weighted by Crippen LogP contribution is -2.41. The molecule has 3 heterocycles. The van der Waals surface area contributed by atoms with Crippen LogP contribution in [0.25, 0.3) is 0 Å². The van der Waals surface area contributed by atoms with Crippen LogP contribution in [-0.4, -0.2) is 32.5 Å². The summed E-state index contributed by atoms with van der Waals surface area (Å²) in [6.45, 7) is 7.54. The molecule has 5 heteroatoms. The first-order valence-corrected chi connectivity index (χ1v) is 12.8.